The van der Waals surface area contributed by atoms with E-state index in [-0.39, 0.29) is 0 Å². The average Bonchev–Trinajstić information content (AvgIpc) is 2.27. The van der Waals surface area contributed by atoms with E-state index in [1.165, 1.54) is 5.56 Å². The molecule has 2 N–H and O–H groups in total. The molecule has 3 nitrogen and oxygen atoms in total. The zero-order valence-corrected chi connectivity index (χ0v) is 9.78. The molecule has 0 aliphatic rings. The van der Waals surface area contributed by atoms with Gasteiger partial charge in [0.1, 0.15) is 12.0 Å². The van der Waals surface area contributed by atoms with Crippen molar-refractivity contribution < 1.29 is 9.47 Å². The molecule has 0 aliphatic heterocycles. The maximum Gasteiger partial charge on any atom is 0.135 e. The summed E-state index contributed by atoms with van der Waals surface area (Å²) in [6, 6.07) is 6.02. The molecule has 0 spiro atoms. The van der Waals surface area contributed by atoms with Crippen LogP contribution in [0.1, 0.15) is 37.1 Å². The Bertz CT molecular complexity index is 323. The zero-order valence-electron chi connectivity index (χ0n) is 9.78. The van der Waals surface area contributed by atoms with Crippen molar-refractivity contribution in [3.63, 3.8) is 0 Å². The molecule has 15 heavy (non-hydrogen) atoms. The van der Waals surface area contributed by atoms with E-state index in [1.54, 1.807) is 14.2 Å². The topological polar surface area (TPSA) is 44.5 Å². The summed E-state index contributed by atoms with van der Waals surface area (Å²) in [4.78, 5) is 0. The number of benzene rings is 1. The predicted octanol–water partition coefficient (Wildman–Crippen LogP) is 2.42. The number of nitrogens with two attached hydrogens (primary N) is 1. The highest BCUT2D eigenvalue weighted by molar-refractivity contribution is 5.39. The first-order valence-electron chi connectivity index (χ1n) is 5.06. The molecule has 1 atom stereocenters. The van der Waals surface area contributed by atoms with Crippen LogP contribution in [0.15, 0.2) is 18.2 Å². The molecule has 1 unspecified atom stereocenters. The molecule has 0 heterocycles. The van der Waals surface area contributed by atoms with Crippen molar-refractivity contribution in [1.82, 2.24) is 0 Å². The van der Waals surface area contributed by atoms with Gasteiger partial charge in [0.15, 0.2) is 0 Å². The van der Waals surface area contributed by atoms with Gasteiger partial charge in [-0.2, -0.15) is 0 Å². The van der Waals surface area contributed by atoms with Crippen molar-refractivity contribution in [3.05, 3.63) is 29.3 Å². The van der Waals surface area contributed by atoms with E-state index in [4.69, 9.17) is 15.2 Å². The maximum absolute atomic E-state index is 5.84. The molecular weight excluding hydrogens is 190 g/mol. The Hall–Kier alpha value is -1.06. The van der Waals surface area contributed by atoms with Crippen LogP contribution in [0.3, 0.4) is 0 Å². The molecule has 84 valence electrons. The maximum atomic E-state index is 5.84. The average molecular weight is 209 g/mol. The van der Waals surface area contributed by atoms with E-state index in [1.807, 2.05) is 12.1 Å². The molecule has 0 amide bonds. The Labute approximate surface area is 91.2 Å². The van der Waals surface area contributed by atoms with Crippen molar-refractivity contribution in [3.8, 4) is 5.75 Å². The fourth-order valence-corrected chi connectivity index (χ4v) is 1.46. The molecule has 0 bridgehead atoms. The predicted molar refractivity (Wildman–Crippen MR) is 61.0 cm³/mol. The van der Waals surface area contributed by atoms with Gasteiger partial charge in [-0.3, -0.25) is 0 Å². The van der Waals surface area contributed by atoms with Crippen molar-refractivity contribution >= 4 is 0 Å². The van der Waals surface area contributed by atoms with Crippen molar-refractivity contribution in [2.45, 2.75) is 26.0 Å². The van der Waals surface area contributed by atoms with Crippen molar-refractivity contribution in [1.29, 1.82) is 0 Å². The molecular formula is C12H19NO2. The van der Waals surface area contributed by atoms with Crippen LogP contribution >= 0.6 is 0 Å². The van der Waals surface area contributed by atoms with Gasteiger partial charge in [-0.25, -0.2) is 0 Å². The largest absolute Gasteiger partial charge is 0.496 e. The minimum atomic E-state index is -0.432. The minimum Gasteiger partial charge on any atom is -0.496 e. The van der Waals surface area contributed by atoms with Gasteiger partial charge in [0.25, 0.3) is 0 Å². The molecule has 0 aliphatic carbocycles. The van der Waals surface area contributed by atoms with Gasteiger partial charge in [0.2, 0.25) is 0 Å². The van der Waals surface area contributed by atoms with Gasteiger partial charge in [0.05, 0.1) is 7.11 Å². The SMILES string of the molecule is COc1ccc(C(C)C)cc1C(N)OC. The second kappa shape index (κ2) is 5.14. The van der Waals surface area contributed by atoms with Gasteiger partial charge in [-0.1, -0.05) is 19.9 Å². The van der Waals surface area contributed by atoms with Crippen LogP contribution in [-0.4, -0.2) is 14.2 Å². The molecule has 0 saturated carbocycles. The molecule has 1 rings (SSSR count). The monoisotopic (exact) mass is 209 g/mol. The van der Waals surface area contributed by atoms with Gasteiger partial charge in [0, 0.05) is 12.7 Å². The van der Waals surface area contributed by atoms with Crippen molar-refractivity contribution in [2.75, 3.05) is 14.2 Å². The molecule has 1 aromatic rings. The van der Waals surface area contributed by atoms with E-state index < -0.39 is 6.23 Å². The summed E-state index contributed by atoms with van der Waals surface area (Å²) in [5.74, 6) is 1.24. The van der Waals surface area contributed by atoms with Gasteiger partial charge < -0.3 is 15.2 Å². The molecule has 3 heteroatoms. The quantitative estimate of drug-likeness (QED) is 0.774. The van der Waals surface area contributed by atoms with Crippen LogP contribution in [-0.2, 0) is 4.74 Å². The Morgan fingerprint density at radius 2 is 1.87 bits per heavy atom. The standard InChI is InChI=1S/C12H19NO2/c1-8(2)9-5-6-11(14-3)10(7-9)12(13)15-4/h5-8,12H,13H2,1-4H3. The molecule has 0 radical (unpaired) electrons. The van der Waals surface area contributed by atoms with Gasteiger partial charge in [-0.05, 0) is 23.6 Å². The van der Waals surface area contributed by atoms with E-state index in [9.17, 15) is 0 Å². The number of ether oxygens (including phenoxy) is 2. The van der Waals surface area contributed by atoms with Crippen LogP contribution in [0, 0.1) is 0 Å². The minimum absolute atomic E-state index is 0.432. The third-order valence-electron chi connectivity index (χ3n) is 2.48. The highest BCUT2D eigenvalue weighted by Gasteiger charge is 2.12. The lowest BCUT2D eigenvalue weighted by atomic mass is 10.00. The van der Waals surface area contributed by atoms with Gasteiger partial charge in [-0.15, -0.1) is 0 Å². The highest BCUT2D eigenvalue weighted by atomic mass is 16.5. The lowest BCUT2D eigenvalue weighted by Gasteiger charge is -2.16. The van der Waals surface area contributed by atoms with Crippen LogP contribution in [0.4, 0.5) is 0 Å². The summed E-state index contributed by atoms with van der Waals surface area (Å²) in [7, 11) is 3.22. The Morgan fingerprint density at radius 1 is 1.20 bits per heavy atom. The first-order chi connectivity index (χ1) is 7.10. The first kappa shape index (κ1) is 12.0. The smallest absolute Gasteiger partial charge is 0.135 e. The Balaban J connectivity index is 3.13. The lowest BCUT2D eigenvalue weighted by molar-refractivity contribution is 0.106. The number of rotatable bonds is 4. The summed E-state index contributed by atoms with van der Waals surface area (Å²) in [5, 5.41) is 0. The molecule has 1 aromatic carbocycles. The number of hydrogen-bond donors (Lipinski definition) is 1. The molecule has 0 fully saturated rings. The van der Waals surface area contributed by atoms with E-state index in [2.05, 4.69) is 19.9 Å². The number of methoxy groups -OCH3 is 2. The summed E-state index contributed by atoms with van der Waals surface area (Å²) < 4.78 is 10.4. The van der Waals surface area contributed by atoms with Gasteiger partial charge >= 0.3 is 0 Å². The summed E-state index contributed by atoms with van der Waals surface area (Å²) in [6.07, 6.45) is -0.432. The lowest BCUT2D eigenvalue weighted by Crippen LogP contribution is -2.13. The molecule has 0 saturated heterocycles. The van der Waals surface area contributed by atoms with E-state index in [0.29, 0.717) is 5.92 Å². The van der Waals surface area contributed by atoms with E-state index in [0.717, 1.165) is 11.3 Å². The van der Waals surface area contributed by atoms with E-state index >= 15 is 0 Å². The summed E-state index contributed by atoms with van der Waals surface area (Å²) >= 11 is 0. The van der Waals surface area contributed by atoms with Crippen LogP contribution in [0.2, 0.25) is 0 Å². The second-order valence-electron chi connectivity index (χ2n) is 3.81. The van der Waals surface area contributed by atoms with Crippen molar-refractivity contribution in [2.24, 2.45) is 5.73 Å². The summed E-state index contributed by atoms with van der Waals surface area (Å²) in [6.45, 7) is 4.29. The zero-order chi connectivity index (χ0) is 11.4. The van der Waals surface area contributed by atoms with Crippen LogP contribution in [0.5, 0.6) is 5.75 Å². The van der Waals surface area contributed by atoms with Crippen LogP contribution < -0.4 is 10.5 Å². The fourth-order valence-electron chi connectivity index (χ4n) is 1.46. The molecule has 0 aromatic heterocycles. The normalized spacial score (nSPS) is 12.9. The first-order valence-corrected chi connectivity index (χ1v) is 5.06. The highest BCUT2D eigenvalue weighted by Crippen LogP contribution is 2.28. The third-order valence-corrected chi connectivity index (χ3v) is 2.48. The fraction of sp³-hybridized carbons (Fsp3) is 0.500. The second-order valence-corrected chi connectivity index (χ2v) is 3.81. The van der Waals surface area contributed by atoms with Crippen LogP contribution in [0.25, 0.3) is 0 Å². The summed E-state index contributed by atoms with van der Waals surface area (Å²) in [5.41, 5.74) is 7.97. The Morgan fingerprint density at radius 3 is 2.33 bits per heavy atom. The Kier molecular flexibility index (Phi) is 4.12. The number of hydrogen-bond acceptors (Lipinski definition) is 3. The third kappa shape index (κ3) is 2.70.